The molecule has 2 heteroatoms. The van der Waals surface area contributed by atoms with Gasteiger partial charge in [-0.05, 0) is 20.0 Å². The van der Waals surface area contributed by atoms with E-state index in [4.69, 9.17) is 0 Å². The van der Waals surface area contributed by atoms with Crippen LogP contribution in [0.2, 0.25) is 0 Å². The van der Waals surface area contributed by atoms with Gasteiger partial charge in [0, 0.05) is 18.4 Å². The molecule has 0 saturated heterocycles. The maximum Gasteiger partial charge on any atom is 0.139 e. The van der Waals surface area contributed by atoms with Crippen LogP contribution in [0.25, 0.3) is 0 Å². The van der Waals surface area contributed by atoms with Crippen molar-refractivity contribution in [2.24, 2.45) is 5.41 Å². The molecule has 0 aliphatic rings. The van der Waals surface area contributed by atoms with Crippen LogP contribution >= 0.6 is 0 Å². The summed E-state index contributed by atoms with van der Waals surface area (Å²) in [6.45, 7) is 10.4. The molecular weight excluding hydrogens is 186 g/mol. The summed E-state index contributed by atoms with van der Waals surface area (Å²) in [7, 11) is 2.06. The maximum atomic E-state index is 12.0. The van der Waals surface area contributed by atoms with E-state index >= 15 is 0 Å². The lowest BCUT2D eigenvalue weighted by Gasteiger charge is -2.24. The number of nitrogens with zero attached hydrogens (tertiary/aromatic N) is 1. The molecule has 0 aromatic heterocycles. The van der Waals surface area contributed by atoms with Crippen LogP contribution < -0.4 is 0 Å². The molecule has 0 aromatic carbocycles. The molecule has 0 heterocycles. The summed E-state index contributed by atoms with van der Waals surface area (Å²) in [5.41, 5.74) is -0.120. The Labute approximate surface area is 95.0 Å². The lowest BCUT2D eigenvalue weighted by molar-refractivity contribution is -0.127. The molecule has 0 spiro atoms. The summed E-state index contributed by atoms with van der Waals surface area (Å²) in [5, 5.41) is 0. The van der Waals surface area contributed by atoms with Crippen molar-refractivity contribution in [1.29, 1.82) is 0 Å². The Morgan fingerprint density at radius 2 is 1.87 bits per heavy atom. The molecule has 0 unspecified atom stereocenters. The van der Waals surface area contributed by atoms with Crippen molar-refractivity contribution in [3.05, 3.63) is 0 Å². The first-order valence-corrected chi connectivity index (χ1v) is 6.16. The minimum atomic E-state index is -0.120. The van der Waals surface area contributed by atoms with Crippen LogP contribution in [-0.4, -0.2) is 30.8 Å². The van der Waals surface area contributed by atoms with E-state index in [2.05, 4.69) is 39.6 Å². The van der Waals surface area contributed by atoms with Gasteiger partial charge in [0.15, 0.2) is 0 Å². The second kappa shape index (κ2) is 7.00. The Balaban J connectivity index is 3.96. The van der Waals surface area contributed by atoms with Crippen LogP contribution in [0.15, 0.2) is 0 Å². The third-order valence-corrected chi connectivity index (χ3v) is 3.17. The molecule has 90 valence electrons. The Kier molecular flexibility index (Phi) is 6.82. The second-order valence-electron chi connectivity index (χ2n) is 5.06. The molecule has 0 rings (SSSR count). The Hall–Kier alpha value is -0.370. The van der Waals surface area contributed by atoms with E-state index in [-0.39, 0.29) is 5.41 Å². The zero-order valence-corrected chi connectivity index (χ0v) is 11.1. The van der Waals surface area contributed by atoms with E-state index in [1.165, 1.54) is 6.42 Å². The summed E-state index contributed by atoms with van der Waals surface area (Å²) in [4.78, 5) is 14.2. The summed E-state index contributed by atoms with van der Waals surface area (Å²) in [6, 6.07) is 0. The predicted molar refractivity (Wildman–Crippen MR) is 66.1 cm³/mol. The number of Topliss-reactive ketones (excluding diaryl/α,β-unsaturated/α-hetero) is 1. The van der Waals surface area contributed by atoms with Crippen LogP contribution in [-0.2, 0) is 4.79 Å². The topological polar surface area (TPSA) is 20.3 Å². The maximum absolute atomic E-state index is 12.0. The third kappa shape index (κ3) is 5.93. The molecule has 0 atom stereocenters. The number of hydrogen-bond acceptors (Lipinski definition) is 2. The molecule has 0 amide bonds. The Morgan fingerprint density at radius 3 is 2.33 bits per heavy atom. The van der Waals surface area contributed by atoms with E-state index in [0.29, 0.717) is 12.2 Å². The molecule has 0 aromatic rings. The average molecular weight is 213 g/mol. The smallest absolute Gasteiger partial charge is 0.139 e. The van der Waals surface area contributed by atoms with Gasteiger partial charge in [-0.15, -0.1) is 0 Å². The monoisotopic (exact) mass is 213 g/mol. The highest BCUT2D eigenvalue weighted by Gasteiger charge is 2.25. The van der Waals surface area contributed by atoms with Crippen molar-refractivity contribution in [2.75, 3.05) is 20.1 Å². The summed E-state index contributed by atoms with van der Waals surface area (Å²) in [6.07, 6.45) is 4.05. The molecule has 0 bridgehead atoms. The largest absolute Gasteiger partial charge is 0.306 e. The highest BCUT2D eigenvalue weighted by atomic mass is 16.1. The van der Waals surface area contributed by atoms with Crippen LogP contribution in [0.4, 0.5) is 0 Å². The zero-order valence-electron chi connectivity index (χ0n) is 11.1. The normalized spacial score (nSPS) is 12.1. The number of unbranched alkanes of at least 4 members (excludes halogenated alkanes) is 1. The van der Waals surface area contributed by atoms with Crippen molar-refractivity contribution in [3.8, 4) is 0 Å². The fraction of sp³-hybridized carbons (Fsp3) is 0.923. The lowest BCUT2D eigenvalue weighted by Crippen LogP contribution is -2.29. The zero-order chi connectivity index (χ0) is 11.9. The molecular formula is C13H27NO. The summed E-state index contributed by atoms with van der Waals surface area (Å²) in [5.74, 6) is 0.413. The molecule has 0 aliphatic heterocycles. The first-order valence-electron chi connectivity index (χ1n) is 6.16. The fourth-order valence-corrected chi connectivity index (χ4v) is 1.55. The number of ketones is 1. The number of carbonyl (C=O) groups excluding carboxylic acids is 1. The molecule has 0 N–H and O–H groups in total. The molecule has 15 heavy (non-hydrogen) atoms. The van der Waals surface area contributed by atoms with Gasteiger partial charge in [-0.3, -0.25) is 4.79 Å². The Morgan fingerprint density at radius 1 is 1.27 bits per heavy atom. The summed E-state index contributed by atoms with van der Waals surface area (Å²) >= 11 is 0. The van der Waals surface area contributed by atoms with Gasteiger partial charge < -0.3 is 4.90 Å². The lowest BCUT2D eigenvalue weighted by atomic mass is 9.81. The Bertz CT molecular complexity index is 187. The first kappa shape index (κ1) is 14.6. The molecule has 0 aliphatic carbocycles. The third-order valence-electron chi connectivity index (χ3n) is 3.17. The fourth-order valence-electron chi connectivity index (χ4n) is 1.55. The van der Waals surface area contributed by atoms with Gasteiger partial charge in [-0.25, -0.2) is 0 Å². The van der Waals surface area contributed by atoms with Gasteiger partial charge in [-0.1, -0.05) is 40.5 Å². The highest BCUT2D eigenvalue weighted by molar-refractivity contribution is 5.84. The van der Waals surface area contributed by atoms with Crippen molar-refractivity contribution >= 4 is 5.78 Å². The molecule has 2 nitrogen and oxygen atoms in total. The number of rotatable bonds is 8. The van der Waals surface area contributed by atoms with Crippen molar-refractivity contribution < 1.29 is 4.79 Å². The first-order chi connectivity index (χ1) is 6.94. The number of hydrogen-bond donors (Lipinski definition) is 0. The van der Waals surface area contributed by atoms with E-state index in [9.17, 15) is 4.79 Å². The van der Waals surface area contributed by atoms with Crippen LogP contribution in [0, 0.1) is 5.41 Å². The van der Waals surface area contributed by atoms with Gasteiger partial charge in [0.25, 0.3) is 0 Å². The van der Waals surface area contributed by atoms with E-state index < -0.39 is 0 Å². The van der Waals surface area contributed by atoms with E-state index in [1.54, 1.807) is 0 Å². The van der Waals surface area contributed by atoms with Crippen molar-refractivity contribution in [1.82, 2.24) is 4.90 Å². The van der Waals surface area contributed by atoms with Crippen LogP contribution in [0.3, 0.4) is 0 Å². The van der Waals surface area contributed by atoms with Crippen molar-refractivity contribution in [3.63, 3.8) is 0 Å². The van der Waals surface area contributed by atoms with E-state index in [1.807, 2.05) is 0 Å². The van der Waals surface area contributed by atoms with Gasteiger partial charge in [0.2, 0.25) is 0 Å². The molecule has 0 fully saturated rings. The van der Waals surface area contributed by atoms with Gasteiger partial charge in [0.1, 0.15) is 5.78 Å². The standard InChI is InChI=1S/C13H27NO/c1-6-8-10-13(3,4)12(15)9-11-14(5)7-2/h6-11H2,1-5H3. The minimum absolute atomic E-state index is 0.120. The van der Waals surface area contributed by atoms with Crippen LogP contribution in [0.1, 0.15) is 53.4 Å². The predicted octanol–water partition coefficient (Wildman–Crippen LogP) is 3.11. The summed E-state index contributed by atoms with van der Waals surface area (Å²) < 4.78 is 0. The average Bonchev–Trinajstić information content (AvgIpc) is 2.22. The minimum Gasteiger partial charge on any atom is -0.306 e. The number of carbonyl (C=O) groups is 1. The van der Waals surface area contributed by atoms with Crippen LogP contribution in [0.5, 0.6) is 0 Å². The molecule has 0 radical (unpaired) electrons. The van der Waals surface area contributed by atoms with E-state index in [0.717, 1.165) is 25.9 Å². The highest BCUT2D eigenvalue weighted by Crippen LogP contribution is 2.25. The van der Waals surface area contributed by atoms with Gasteiger partial charge in [-0.2, -0.15) is 0 Å². The van der Waals surface area contributed by atoms with Gasteiger partial charge >= 0.3 is 0 Å². The SMILES string of the molecule is CCCCC(C)(C)C(=O)CCN(C)CC. The second-order valence-corrected chi connectivity index (χ2v) is 5.06. The van der Waals surface area contributed by atoms with Gasteiger partial charge in [0.05, 0.1) is 0 Å². The quantitative estimate of drug-likeness (QED) is 0.617. The molecule has 0 saturated carbocycles. The van der Waals surface area contributed by atoms with Crippen molar-refractivity contribution in [2.45, 2.75) is 53.4 Å².